The maximum absolute atomic E-state index is 11.6. The summed E-state index contributed by atoms with van der Waals surface area (Å²) in [5.74, 6) is -0.629. The van der Waals surface area contributed by atoms with E-state index in [2.05, 4.69) is 10.1 Å². The fourth-order valence-corrected chi connectivity index (χ4v) is 3.71. The highest BCUT2D eigenvalue weighted by atomic mass is 16.5. The number of carboxylic acids is 1. The lowest BCUT2D eigenvalue weighted by atomic mass is 9.99. The predicted molar refractivity (Wildman–Crippen MR) is 128 cm³/mol. The van der Waals surface area contributed by atoms with Crippen LogP contribution in [0.2, 0.25) is 0 Å². The number of nitrogens with two attached hydrogens (primary N) is 1. The van der Waals surface area contributed by atoms with Crippen LogP contribution in [0.5, 0.6) is 5.75 Å². The van der Waals surface area contributed by atoms with Gasteiger partial charge in [0.15, 0.2) is 0 Å². The number of carboxylic acid groups (broad SMARTS) is 1. The molecule has 4 N–H and O–H groups in total. The molecule has 0 bridgehead atoms. The van der Waals surface area contributed by atoms with E-state index in [0.717, 1.165) is 33.2 Å². The van der Waals surface area contributed by atoms with E-state index in [1.165, 1.54) is 7.11 Å². The van der Waals surface area contributed by atoms with Crippen molar-refractivity contribution in [1.29, 1.82) is 0 Å². The number of fused-ring (bicyclic) bond motifs is 1. The third-order valence-electron chi connectivity index (χ3n) is 5.32. The molecule has 0 saturated heterocycles. The van der Waals surface area contributed by atoms with Crippen LogP contribution in [0, 0.1) is 0 Å². The molecule has 0 spiro atoms. The number of furan rings is 1. The highest BCUT2D eigenvalue weighted by Gasteiger charge is 2.14. The number of hydrogen-bond acceptors (Lipinski definition) is 6. The number of ether oxygens (including phenoxy) is 2. The molecule has 3 aromatic carbocycles. The Labute approximate surface area is 195 Å². The quantitative estimate of drug-likeness (QED) is 0.340. The van der Waals surface area contributed by atoms with Gasteiger partial charge in [-0.2, -0.15) is 0 Å². The third kappa shape index (κ3) is 5.19. The largest absolute Gasteiger partial charge is 0.489 e. The maximum Gasteiger partial charge on any atom is 0.411 e. The SMILES string of the molecule is COC(=O)Nc1ccc(CC(=O)O)c(OCc2cc(-c3cccc(CN)c3)c3occc3c2)c1. The summed E-state index contributed by atoms with van der Waals surface area (Å²) in [6, 6.07) is 18.5. The molecule has 1 heterocycles. The van der Waals surface area contributed by atoms with Gasteiger partial charge in [0.2, 0.25) is 0 Å². The van der Waals surface area contributed by atoms with Gasteiger partial charge in [-0.25, -0.2) is 4.79 Å². The number of anilines is 1. The second-order valence-electron chi connectivity index (χ2n) is 7.69. The van der Waals surface area contributed by atoms with Gasteiger partial charge < -0.3 is 24.7 Å². The number of methoxy groups -OCH3 is 1. The summed E-state index contributed by atoms with van der Waals surface area (Å²) < 4.78 is 16.4. The molecule has 4 aromatic rings. The van der Waals surface area contributed by atoms with Crippen molar-refractivity contribution in [3.63, 3.8) is 0 Å². The molecule has 1 amide bonds. The summed E-state index contributed by atoms with van der Waals surface area (Å²) in [6.07, 6.45) is 0.788. The molecule has 8 nitrogen and oxygen atoms in total. The summed E-state index contributed by atoms with van der Waals surface area (Å²) in [7, 11) is 1.26. The van der Waals surface area contributed by atoms with Crippen LogP contribution in [-0.4, -0.2) is 24.3 Å². The van der Waals surface area contributed by atoms with Crippen molar-refractivity contribution < 1.29 is 28.6 Å². The zero-order valence-corrected chi connectivity index (χ0v) is 18.5. The lowest BCUT2D eigenvalue weighted by Crippen LogP contribution is -2.11. The van der Waals surface area contributed by atoms with Crippen molar-refractivity contribution in [2.75, 3.05) is 12.4 Å². The van der Waals surface area contributed by atoms with E-state index >= 15 is 0 Å². The normalized spacial score (nSPS) is 10.8. The average molecular weight is 460 g/mol. The number of amides is 1. The van der Waals surface area contributed by atoms with Gasteiger partial charge in [-0.15, -0.1) is 0 Å². The number of carbonyl (C=O) groups excluding carboxylic acids is 1. The Bertz CT molecular complexity index is 1340. The Morgan fingerprint density at radius 1 is 1.06 bits per heavy atom. The first-order chi connectivity index (χ1) is 16.5. The molecule has 174 valence electrons. The number of nitrogens with one attached hydrogen (secondary N) is 1. The molecule has 0 radical (unpaired) electrons. The molecule has 4 rings (SSSR count). The number of rotatable bonds is 8. The van der Waals surface area contributed by atoms with E-state index in [9.17, 15) is 14.7 Å². The van der Waals surface area contributed by atoms with Gasteiger partial charge in [0.25, 0.3) is 0 Å². The molecule has 0 aliphatic heterocycles. The van der Waals surface area contributed by atoms with Crippen molar-refractivity contribution in [2.45, 2.75) is 19.6 Å². The zero-order valence-electron chi connectivity index (χ0n) is 18.5. The Kier molecular flexibility index (Phi) is 6.79. The predicted octanol–water partition coefficient (Wildman–Crippen LogP) is 4.94. The van der Waals surface area contributed by atoms with Gasteiger partial charge >= 0.3 is 12.1 Å². The van der Waals surface area contributed by atoms with Gasteiger partial charge in [-0.1, -0.05) is 24.3 Å². The van der Waals surface area contributed by atoms with Gasteiger partial charge in [-0.3, -0.25) is 10.1 Å². The summed E-state index contributed by atoms with van der Waals surface area (Å²) >= 11 is 0. The van der Waals surface area contributed by atoms with Gasteiger partial charge in [-0.05, 0) is 47.0 Å². The summed E-state index contributed by atoms with van der Waals surface area (Å²) in [6.45, 7) is 0.610. The van der Waals surface area contributed by atoms with Crippen LogP contribution in [0.15, 0.2) is 71.3 Å². The molecule has 0 aliphatic rings. The average Bonchev–Trinajstić information content (AvgIpc) is 3.32. The van der Waals surface area contributed by atoms with Crippen molar-refractivity contribution in [3.8, 4) is 16.9 Å². The van der Waals surface area contributed by atoms with Crippen LogP contribution in [0.4, 0.5) is 10.5 Å². The summed E-state index contributed by atoms with van der Waals surface area (Å²) in [4.78, 5) is 22.9. The fraction of sp³-hybridized carbons (Fsp3) is 0.154. The first kappa shape index (κ1) is 22.9. The Hall–Kier alpha value is -4.30. The van der Waals surface area contributed by atoms with E-state index in [-0.39, 0.29) is 13.0 Å². The highest BCUT2D eigenvalue weighted by molar-refractivity contribution is 5.93. The van der Waals surface area contributed by atoms with Crippen LogP contribution >= 0.6 is 0 Å². The van der Waals surface area contributed by atoms with Gasteiger partial charge in [0, 0.05) is 34.8 Å². The molecule has 34 heavy (non-hydrogen) atoms. The lowest BCUT2D eigenvalue weighted by Gasteiger charge is -2.14. The molecule has 0 fully saturated rings. The molecular formula is C26H24N2O6. The number of hydrogen-bond donors (Lipinski definition) is 3. The molecule has 8 heteroatoms. The van der Waals surface area contributed by atoms with Crippen LogP contribution < -0.4 is 15.8 Å². The lowest BCUT2D eigenvalue weighted by molar-refractivity contribution is -0.136. The standard InChI is InChI=1S/C26H24N2O6/c1-32-26(31)28-21-6-5-19(12-24(29)30)23(13-21)34-15-17-10-20-7-8-33-25(20)22(11-17)18-4-2-3-16(9-18)14-27/h2-11,13H,12,14-15,27H2,1H3,(H,28,31)(H,29,30). The van der Waals surface area contributed by atoms with E-state index in [1.807, 2.05) is 42.5 Å². The maximum atomic E-state index is 11.6. The van der Waals surface area contributed by atoms with Crippen LogP contribution in [-0.2, 0) is 29.1 Å². The summed E-state index contributed by atoms with van der Waals surface area (Å²) in [5, 5.41) is 12.7. The Morgan fingerprint density at radius 3 is 2.68 bits per heavy atom. The van der Waals surface area contributed by atoms with Crippen molar-refractivity contribution >= 4 is 28.7 Å². The van der Waals surface area contributed by atoms with Crippen LogP contribution in [0.25, 0.3) is 22.1 Å². The van der Waals surface area contributed by atoms with Crippen LogP contribution in [0.1, 0.15) is 16.7 Å². The minimum atomic E-state index is -0.986. The number of benzene rings is 3. The van der Waals surface area contributed by atoms with Crippen molar-refractivity contribution in [1.82, 2.24) is 0 Å². The third-order valence-corrected chi connectivity index (χ3v) is 5.32. The van der Waals surface area contributed by atoms with Crippen LogP contribution in [0.3, 0.4) is 0 Å². The Balaban J connectivity index is 1.66. The highest BCUT2D eigenvalue weighted by Crippen LogP contribution is 2.32. The topological polar surface area (TPSA) is 124 Å². The van der Waals surface area contributed by atoms with Crippen molar-refractivity contribution in [3.05, 3.63) is 83.6 Å². The zero-order chi connectivity index (χ0) is 24.1. The first-order valence-electron chi connectivity index (χ1n) is 10.6. The molecule has 0 unspecified atom stereocenters. The molecule has 0 aliphatic carbocycles. The molecule has 1 aromatic heterocycles. The first-order valence-corrected chi connectivity index (χ1v) is 10.6. The second kappa shape index (κ2) is 10.1. The van der Waals surface area contributed by atoms with E-state index in [4.69, 9.17) is 14.9 Å². The summed E-state index contributed by atoms with van der Waals surface area (Å²) in [5.41, 5.74) is 11.2. The molecule has 0 saturated carbocycles. The number of aliphatic carboxylic acids is 1. The van der Waals surface area contributed by atoms with E-state index in [1.54, 1.807) is 24.5 Å². The minimum Gasteiger partial charge on any atom is -0.489 e. The second-order valence-corrected chi connectivity index (χ2v) is 7.69. The fourth-order valence-electron chi connectivity index (χ4n) is 3.71. The van der Waals surface area contributed by atoms with Gasteiger partial charge in [0.1, 0.15) is 17.9 Å². The molecule has 0 atom stereocenters. The minimum absolute atomic E-state index is 0.180. The molecular weight excluding hydrogens is 436 g/mol. The number of carbonyl (C=O) groups is 2. The smallest absolute Gasteiger partial charge is 0.411 e. The monoisotopic (exact) mass is 460 g/mol. The Morgan fingerprint density at radius 2 is 1.91 bits per heavy atom. The van der Waals surface area contributed by atoms with Crippen molar-refractivity contribution in [2.24, 2.45) is 5.73 Å². The van der Waals surface area contributed by atoms with E-state index < -0.39 is 12.1 Å². The van der Waals surface area contributed by atoms with Gasteiger partial charge in [0.05, 0.1) is 19.8 Å². The van der Waals surface area contributed by atoms with E-state index in [0.29, 0.717) is 23.5 Å².